The maximum absolute atomic E-state index is 6.49. The Hall–Kier alpha value is -8.40. The van der Waals surface area contributed by atoms with Crippen LogP contribution in [-0.2, 0) is 5.41 Å². The Kier molecular flexibility index (Phi) is 7.32. The molecule has 298 valence electrons. The van der Waals surface area contributed by atoms with Crippen molar-refractivity contribution < 1.29 is 8.83 Å². The average Bonchev–Trinajstić information content (AvgIpc) is 4.10. The van der Waals surface area contributed by atoms with Crippen molar-refractivity contribution in [2.45, 2.75) is 5.41 Å². The van der Waals surface area contributed by atoms with Crippen molar-refractivity contribution in [1.29, 1.82) is 0 Å². The summed E-state index contributed by atoms with van der Waals surface area (Å²) in [5, 5.41) is 4.52. The van der Waals surface area contributed by atoms with Crippen LogP contribution in [0.2, 0.25) is 0 Å². The number of nitrogens with zero attached hydrogens (tertiary/aromatic N) is 1. The van der Waals surface area contributed by atoms with Gasteiger partial charge in [-0.25, -0.2) is 0 Å². The summed E-state index contributed by atoms with van der Waals surface area (Å²) in [6.45, 7) is 0. The highest BCUT2D eigenvalue weighted by Gasteiger charge is 2.51. The minimum atomic E-state index is -0.449. The molecule has 10 aromatic carbocycles. The lowest BCUT2D eigenvalue weighted by Crippen LogP contribution is -2.26. The van der Waals surface area contributed by atoms with E-state index in [1.165, 1.54) is 44.5 Å². The third-order valence-corrected chi connectivity index (χ3v) is 13.9. The van der Waals surface area contributed by atoms with Crippen LogP contribution < -0.4 is 4.90 Å². The number of rotatable bonds is 5. The summed E-state index contributed by atoms with van der Waals surface area (Å²) in [7, 11) is 0. The summed E-state index contributed by atoms with van der Waals surface area (Å²) in [6, 6.07) is 81.6. The molecule has 3 heteroatoms. The van der Waals surface area contributed by atoms with Gasteiger partial charge >= 0.3 is 0 Å². The van der Waals surface area contributed by atoms with Crippen molar-refractivity contribution in [3.05, 3.63) is 247 Å². The molecule has 0 saturated carbocycles. The minimum Gasteiger partial charge on any atom is -0.456 e. The second-order valence-electron chi connectivity index (χ2n) is 17.1. The molecule has 14 rings (SSSR count). The molecule has 12 aromatic rings. The number of hydrogen-bond donors (Lipinski definition) is 0. The number of anilines is 3. The number of fused-ring (bicyclic) bond motifs is 16. The van der Waals surface area contributed by atoms with Gasteiger partial charge < -0.3 is 13.7 Å². The summed E-state index contributed by atoms with van der Waals surface area (Å²) in [5.74, 6) is 0. The number of hydrogen-bond acceptors (Lipinski definition) is 3. The highest BCUT2D eigenvalue weighted by molar-refractivity contribution is 6.10. The molecular formula is C61H37NO2. The third-order valence-electron chi connectivity index (χ3n) is 13.9. The molecule has 3 nitrogen and oxygen atoms in total. The number of furan rings is 2. The largest absolute Gasteiger partial charge is 0.456 e. The first-order chi connectivity index (χ1) is 31.7. The van der Waals surface area contributed by atoms with Crippen LogP contribution in [0.4, 0.5) is 17.1 Å². The van der Waals surface area contributed by atoms with E-state index >= 15 is 0 Å². The summed E-state index contributed by atoms with van der Waals surface area (Å²) in [5.41, 5.74) is 21.4. The first-order valence-corrected chi connectivity index (χ1v) is 22.0. The molecular weight excluding hydrogens is 779 g/mol. The first-order valence-electron chi connectivity index (χ1n) is 22.0. The molecule has 2 aliphatic rings. The van der Waals surface area contributed by atoms with Gasteiger partial charge in [-0.1, -0.05) is 164 Å². The monoisotopic (exact) mass is 815 g/mol. The van der Waals surface area contributed by atoms with Gasteiger partial charge in [-0.05, 0) is 122 Å². The molecule has 0 radical (unpaired) electrons. The Morgan fingerprint density at radius 3 is 1.41 bits per heavy atom. The zero-order chi connectivity index (χ0) is 41.9. The van der Waals surface area contributed by atoms with Crippen molar-refractivity contribution >= 4 is 60.9 Å². The Labute approximate surface area is 369 Å². The summed E-state index contributed by atoms with van der Waals surface area (Å²) < 4.78 is 12.7. The number of para-hydroxylation sites is 3. The topological polar surface area (TPSA) is 29.5 Å². The second-order valence-corrected chi connectivity index (χ2v) is 17.1. The van der Waals surface area contributed by atoms with E-state index in [9.17, 15) is 0 Å². The lowest BCUT2D eigenvalue weighted by atomic mass is 9.70. The van der Waals surface area contributed by atoms with Gasteiger partial charge in [-0.3, -0.25) is 0 Å². The summed E-state index contributed by atoms with van der Waals surface area (Å²) in [6.07, 6.45) is 0. The normalized spacial score (nSPS) is 13.1. The Balaban J connectivity index is 0.943. The molecule has 2 aliphatic carbocycles. The molecule has 0 N–H and O–H groups in total. The quantitative estimate of drug-likeness (QED) is 0.173. The van der Waals surface area contributed by atoms with E-state index < -0.39 is 5.41 Å². The molecule has 0 aliphatic heterocycles. The van der Waals surface area contributed by atoms with E-state index in [1.807, 2.05) is 24.3 Å². The van der Waals surface area contributed by atoms with Crippen LogP contribution in [0.25, 0.3) is 88.4 Å². The van der Waals surface area contributed by atoms with Crippen molar-refractivity contribution in [2.75, 3.05) is 4.90 Å². The first kappa shape index (κ1) is 35.2. The Morgan fingerprint density at radius 2 is 0.750 bits per heavy atom. The number of benzene rings is 10. The summed E-state index contributed by atoms with van der Waals surface area (Å²) >= 11 is 0. The van der Waals surface area contributed by atoms with Crippen molar-refractivity contribution in [2.24, 2.45) is 0 Å². The van der Waals surface area contributed by atoms with Gasteiger partial charge in [0.15, 0.2) is 0 Å². The summed E-state index contributed by atoms with van der Waals surface area (Å²) in [4.78, 5) is 2.41. The zero-order valence-corrected chi connectivity index (χ0v) is 34.6. The highest BCUT2D eigenvalue weighted by Crippen LogP contribution is 2.63. The lowest BCUT2D eigenvalue weighted by Gasteiger charge is -2.32. The molecule has 2 heterocycles. The van der Waals surface area contributed by atoms with Crippen LogP contribution in [0, 0.1) is 0 Å². The predicted molar refractivity (Wildman–Crippen MR) is 263 cm³/mol. The van der Waals surface area contributed by atoms with Crippen LogP contribution >= 0.6 is 0 Å². The molecule has 0 bridgehead atoms. The second kappa shape index (κ2) is 13.3. The minimum absolute atomic E-state index is 0.449. The van der Waals surface area contributed by atoms with Gasteiger partial charge in [0, 0.05) is 44.2 Å². The molecule has 0 amide bonds. The van der Waals surface area contributed by atoms with E-state index in [2.05, 4.69) is 205 Å². The molecule has 0 atom stereocenters. The average molecular weight is 816 g/mol. The van der Waals surface area contributed by atoms with E-state index in [0.29, 0.717) is 0 Å². The molecule has 2 aromatic heterocycles. The SMILES string of the molecule is c1ccc2c(c1)-c1ccccc1C21c2ccccc2-c2ccc(N(c3ccc(-c4ccc5oc6ccccc6c5c4)cc3)c3ccc(-c4cccc5c4oc4ccccc45)cc3)cc21. The Bertz CT molecular complexity index is 3790. The van der Waals surface area contributed by atoms with Gasteiger partial charge in [0.2, 0.25) is 0 Å². The van der Waals surface area contributed by atoms with E-state index in [4.69, 9.17) is 8.83 Å². The van der Waals surface area contributed by atoms with Gasteiger partial charge in [0.05, 0.1) is 5.41 Å². The lowest BCUT2D eigenvalue weighted by molar-refractivity contribution is 0.669. The molecule has 1 spiro atoms. The van der Waals surface area contributed by atoms with E-state index in [0.717, 1.165) is 83.2 Å². The van der Waals surface area contributed by atoms with Crippen molar-refractivity contribution in [3.63, 3.8) is 0 Å². The van der Waals surface area contributed by atoms with Crippen LogP contribution in [-0.4, -0.2) is 0 Å². The molecule has 64 heavy (non-hydrogen) atoms. The van der Waals surface area contributed by atoms with E-state index in [-0.39, 0.29) is 0 Å². The fraction of sp³-hybridized carbons (Fsp3) is 0.0164. The van der Waals surface area contributed by atoms with E-state index in [1.54, 1.807) is 0 Å². The van der Waals surface area contributed by atoms with Crippen molar-refractivity contribution in [3.8, 4) is 44.5 Å². The zero-order valence-electron chi connectivity index (χ0n) is 34.6. The maximum atomic E-state index is 6.49. The van der Waals surface area contributed by atoms with Crippen molar-refractivity contribution in [1.82, 2.24) is 0 Å². The van der Waals surface area contributed by atoms with Gasteiger partial charge in [0.1, 0.15) is 22.3 Å². The van der Waals surface area contributed by atoms with Crippen LogP contribution in [0.3, 0.4) is 0 Å². The third kappa shape index (κ3) is 4.86. The predicted octanol–water partition coefficient (Wildman–Crippen LogP) is 16.6. The highest BCUT2D eigenvalue weighted by atomic mass is 16.3. The van der Waals surface area contributed by atoms with Gasteiger partial charge in [-0.15, -0.1) is 0 Å². The smallest absolute Gasteiger partial charge is 0.143 e. The Morgan fingerprint density at radius 1 is 0.281 bits per heavy atom. The maximum Gasteiger partial charge on any atom is 0.143 e. The molecule has 0 saturated heterocycles. The van der Waals surface area contributed by atoms with Crippen LogP contribution in [0.15, 0.2) is 233 Å². The fourth-order valence-electron chi connectivity index (χ4n) is 11.1. The van der Waals surface area contributed by atoms with Gasteiger partial charge in [0.25, 0.3) is 0 Å². The standard InChI is InChI=1S/C61H37NO2/c1-6-19-53-45(12-1)46-13-2-7-20-54(46)61(53)55-21-8-3-14-47(55)48-34-33-43(37-56(48)61)62(41-29-24-38(25-30-41)40-28-35-59-52(36-40)50-16-5-9-22-57(50)63-59)42-31-26-39(27-32-42)44-17-11-18-51-49-15-4-10-23-58(49)64-60(44)51/h1-37H. The fourth-order valence-corrected chi connectivity index (χ4v) is 11.1. The molecule has 0 fully saturated rings. The van der Waals surface area contributed by atoms with Crippen LogP contribution in [0.5, 0.6) is 0 Å². The van der Waals surface area contributed by atoms with Crippen LogP contribution in [0.1, 0.15) is 22.3 Å². The van der Waals surface area contributed by atoms with Gasteiger partial charge in [-0.2, -0.15) is 0 Å². The molecule has 0 unspecified atom stereocenters.